The first-order chi connectivity index (χ1) is 15.0. The molecule has 2 aliphatic rings. The second kappa shape index (κ2) is 6.97. The predicted octanol–water partition coefficient (Wildman–Crippen LogP) is 3.07. The van der Waals surface area contributed by atoms with Gasteiger partial charge in [-0.25, -0.2) is 32.8 Å². The van der Waals surface area contributed by atoms with Crippen LogP contribution >= 0.6 is 0 Å². The minimum absolute atomic E-state index is 0.0546. The maximum Gasteiger partial charge on any atom is 0.331 e. The maximum absolute atomic E-state index is 15.3. The summed E-state index contributed by atoms with van der Waals surface area (Å²) in [6.07, 6.45) is 1.09. The Hall–Kier alpha value is -3.05. The molecular weight excluding hydrogens is 443 g/mol. The van der Waals surface area contributed by atoms with Gasteiger partial charge in [0.05, 0.1) is 17.3 Å². The smallest absolute Gasteiger partial charge is 0.304 e. The lowest BCUT2D eigenvalue weighted by atomic mass is 10.1. The van der Waals surface area contributed by atoms with Gasteiger partial charge in [-0.3, -0.25) is 0 Å². The van der Waals surface area contributed by atoms with Crippen LogP contribution in [0.15, 0.2) is 47.5 Å². The summed E-state index contributed by atoms with van der Waals surface area (Å²) in [7, 11) is -3.33. The second-order valence-electron chi connectivity index (χ2n) is 8.08. The summed E-state index contributed by atoms with van der Waals surface area (Å²) in [5.41, 5.74) is 3.13. The quantitative estimate of drug-likeness (QED) is 0.588. The molecule has 3 atom stereocenters. The molecule has 11 heteroatoms. The van der Waals surface area contributed by atoms with E-state index in [0.29, 0.717) is 16.8 Å². The molecule has 5 rings (SSSR count). The molecule has 7 nitrogen and oxygen atoms in total. The molecule has 3 aromatic rings. The average Bonchev–Trinajstić information content (AvgIpc) is 3.23. The fraction of sp³-hybridized carbons (Fsp3) is 0.286. The summed E-state index contributed by atoms with van der Waals surface area (Å²) in [4.78, 5) is 12.6. The fourth-order valence-electron chi connectivity index (χ4n) is 3.78. The lowest BCUT2D eigenvalue weighted by Gasteiger charge is -2.20. The molecule has 1 N–H and O–H groups in total. The highest BCUT2D eigenvalue weighted by Crippen LogP contribution is 2.38. The molecule has 2 fully saturated rings. The van der Waals surface area contributed by atoms with Gasteiger partial charge in [-0.2, -0.15) is 8.78 Å². The first-order valence-corrected chi connectivity index (χ1v) is 11.9. The second-order valence-corrected chi connectivity index (χ2v) is 10.2. The molecule has 1 aromatic heterocycles. The van der Waals surface area contributed by atoms with Crippen molar-refractivity contribution in [1.82, 2.24) is 20.4 Å². The van der Waals surface area contributed by atoms with Crippen LogP contribution in [-0.2, 0) is 21.5 Å². The number of hydrogen-bond acceptors (Lipinski definition) is 6. The maximum atomic E-state index is 15.3. The van der Waals surface area contributed by atoms with Gasteiger partial charge in [0, 0.05) is 17.2 Å². The highest BCUT2D eigenvalue weighted by atomic mass is 32.2. The topological polar surface area (TPSA) is 87.3 Å². The number of halogens is 3. The zero-order valence-electron chi connectivity index (χ0n) is 17.1. The van der Waals surface area contributed by atoms with Crippen molar-refractivity contribution in [2.45, 2.75) is 30.7 Å². The van der Waals surface area contributed by atoms with Gasteiger partial charge in [0.1, 0.15) is 17.7 Å². The number of aromatic nitrogens is 2. The van der Waals surface area contributed by atoms with Gasteiger partial charge >= 0.3 is 5.92 Å². The fourth-order valence-corrected chi connectivity index (χ4v) is 4.57. The van der Waals surface area contributed by atoms with Crippen molar-refractivity contribution < 1.29 is 21.6 Å². The summed E-state index contributed by atoms with van der Waals surface area (Å²) < 4.78 is 67.1. The van der Waals surface area contributed by atoms with Crippen LogP contribution in [0, 0.1) is 5.82 Å². The molecule has 0 saturated carbocycles. The van der Waals surface area contributed by atoms with Crippen molar-refractivity contribution in [2.75, 3.05) is 6.26 Å². The number of fused-ring (bicyclic) bond motifs is 2. The molecule has 0 bridgehead atoms. The number of amidine groups is 1. The van der Waals surface area contributed by atoms with E-state index >= 15 is 8.78 Å². The molecule has 0 radical (unpaired) electrons. The molecule has 3 unspecified atom stereocenters. The van der Waals surface area contributed by atoms with Crippen molar-refractivity contribution in [3.05, 3.63) is 65.2 Å². The molecule has 2 aliphatic heterocycles. The van der Waals surface area contributed by atoms with Crippen LogP contribution < -0.4 is 5.43 Å². The normalized spacial score (nSPS) is 23.5. The summed E-state index contributed by atoms with van der Waals surface area (Å²) in [6, 6.07) is 8.84. The van der Waals surface area contributed by atoms with Gasteiger partial charge in [-0.15, -0.1) is 0 Å². The Bertz CT molecular complexity index is 1370. The largest absolute Gasteiger partial charge is 0.331 e. The molecule has 2 aromatic carbocycles. The Balaban J connectivity index is 1.65. The van der Waals surface area contributed by atoms with E-state index in [-0.39, 0.29) is 29.2 Å². The van der Waals surface area contributed by atoms with Crippen LogP contribution in [0.5, 0.6) is 0 Å². The van der Waals surface area contributed by atoms with Crippen molar-refractivity contribution in [3.8, 4) is 0 Å². The van der Waals surface area contributed by atoms with Crippen LogP contribution in [-0.4, -0.2) is 47.6 Å². The Kier molecular flexibility index (Phi) is 4.54. The van der Waals surface area contributed by atoms with Crippen LogP contribution in [0.3, 0.4) is 0 Å². The molecule has 3 heterocycles. The lowest BCUT2D eigenvalue weighted by Crippen LogP contribution is -2.45. The van der Waals surface area contributed by atoms with Crippen molar-refractivity contribution >= 4 is 32.4 Å². The summed E-state index contributed by atoms with van der Waals surface area (Å²) >= 11 is 0. The Morgan fingerprint density at radius 3 is 2.47 bits per heavy atom. The third kappa shape index (κ3) is 3.61. The number of alkyl halides is 2. The lowest BCUT2D eigenvalue weighted by molar-refractivity contribution is 0.0332. The van der Waals surface area contributed by atoms with Gasteiger partial charge in [-0.1, -0.05) is 6.07 Å². The van der Waals surface area contributed by atoms with Crippen LogP contribution in [0.2, 0.25) is 0 Å². The Labute approximate surface area is 181 Å². The monoisotopic (exact) mass is 461 g/mol. The summed E-state index contributed by atoms with van der Waals surface area (Å²) in [5, 5.41) is 2.38. The van der Waals surface area contributed by atoms with E-state index in [1.54, 1.807) is 12.1 Å². The number of benzene rings is 2. The zero-order valence-corrected chi connectivity index (χ0v) is 17.9. The molecule has 32 heavy (non-hydrogen) atoms. The zero-order chi connectivity index (χ0) is 22.8. The van der Waals surface area contributed by atoms with Crippen molar-refractivity contribution in [1.29, 1.82) is 0 Å². The molecular formula is C21H18F3N5O2S. The van der Waals surface area contributed by atoms with E-state index in [1.807, 2.05) is 11.9 Å². The van der Waals surface area contributed by atoms with E-state index < -0.39 is 33.0 Å². The van der Waals surface area contributed by atoms with Crippen molar-refractivity contribution in [2.24, 2.45) is 4.99 Å². The van der Waals surface area contributed by atoms with E-state index in [0.717, 1.165) is 30.5 Å². The van der Waals surface area contributed by atoms with Gasteiger partial charge in [0.15, 0.2) is 15.7 Å². The molecule has 0 spiro atoms. The van der Waals surface area contributed by atoms with Crippen LogP contribution in [0.25, 0.3) is 10.9 Å². The third-order valence-corrected chi connectivity index (χ3v) is 6.37. The van der Waals surface area contributed by atoms with E-state index in [9.17, 15) is 12.8 Å². The first kappa shape index (κ1) is 20.8. The number of sulfone groups is 1. The standard InChI is InChI=1S/C21H18F3N5O2S/c1-11-17-19(28-29(11)17)26-18-15-8-3-12(10-32(2,30)31)9-16(15)25-20(27-18)21(23,24)13-4-6-14(22)7-5-13/h3-9,11,17H,10H2,1-2H3,(H,25,26,27,28). The molecule has 0 aliphatic carbocycles. The minimum Gasteiger partial charge on any atom is -0.304 e. The predicted molar refractivity (Wildman–Crippen MR) is 113 cm³/mol. The molecule has 166 valence electrons. The highest BCUT2D eigenvalue weighted by Gasteiger charge is 2.57. The van der Waals surface area contributed by atoms with E-state index in [2.05, 4.69) is 20.4 Å². The van der Waals surface area contributed by atoms with Gasteiger partial charge in [0.2, 0.25) is 5.82 Å². The van der Waals surface area contributed by atoms with Crippen LogP contribution in [0.4, 0.5) is 19.0 Å². The number of hydrogen-bond donors (Lipinski definition) is 1. The molecule has 0 amide bonds. The van der Waals surface area contributed by atoms with Crippen LogP contribution in [0.1, 0.15) is 23.9 Å². The Morgan fingerprint density at radius 2 is 1.88 bits per heavy atom. The SMILES string of the molecule is CC1C2C(=Nc3nc(C(F)(F)c4ccc(F)cc4)nc4cc(CS(C)(=O)=O)ccc34)NN12. The van der Waals surface area contributed by atoms with Crippen molar-refractivity contribution in [3.63, 3.8) is 0 Å². The summed E-state index contributed by atoms with van der Waals surface area (Å²) in [5.74, 6) is -4.63. The number of aliphatic imine (C=N–C) groups is 1. The highest BCUT2D eigenvalue weighted by molar-refractivity contribution is 7.89. The number of rotatable bonds is 5. The first-order valence-electron chi connectivity index (χ1n) is 9.79. The summed E-state index contributed by atoms with van der Waals surface area (Å²) in [6.45, 7) is 2.00. The van der Waals surface area contributed by atoms with E-state index in [1.165, 1.54) is 6.07 Å². The van der Waals surface area contributed by atoms with Gasteiger partial charge in [-0.05, 0) is 48.9 Å². The average molecular weight is 461 g/mol. The van der Waals surface area contributed by atoms with Gasteiger partial charge < -0.3 is 5.43 Å². The van der Waals surface area contributed by atoms with Gasteiger partial charge in [0.25, 0.3) is 0 Å². The number of hydrazine groups is 1. The number of nitrogens with one attached hydrogen (secondary N) is 1. The number of nitrogens with zero attached hydrogens (tertiary/aromatic N) is 4. The minimum atomic E-state index is -3.62. The van der Waals surface area contributed by atoms with E-state index in [4.69, 9.17) is 0 Å². The third-order valence-electron chi connectivity index (χ3n) is 5.51. The Morgan fingerprint density at radius 1 is 1.16 bits per heavy atom. The molecule has 2 saturated heterocycles.